The molecule has 0 amide bonds. The molecule has 0 saturated carbocycles. The standard InChI is InChI=1S/C6H4F5NO/c1-3(2-12)4(13)5(7,8)6(9,10)11/h3H,1H3. The van der Waals surface area contributed by atoms with Gasteiger partial charge in [-0.15, -0.1) is 0 Å². The molecule has 0 aromatic carbocycles. The molecule has 0 rings (SSSR count). The molecule has 0 aliphatic heterocycles. The van der Waals surface area contributed by atoms with Crippen molar-refractivity contribution >= 4 is 5.78 Å². The first kappa shape index (κ1) is 11.8. The summed E-state index contributed by atoms with van der Waals surface area (Å²) in [6.07, 6.45) is -5.94. The van der Waals surface area contributed by atoms with Gasteiger partial charge in [-0.05, 0) is 6.92 Å². The molecule has 0 fully saturated rings. The third-order valence-electron chi connectivity index (χ3n) is 1.25. The molecule has 0 radical (unpaired) electrons. The van der Waals surface area contributed by atoms with E-state index in [1.54, 1.807) is 0 Å². The maximum atomic E-state index is 12.1. The maximum absolute atomic E-state index is 12.1. The quantitative estimate of drug-likeness (QED) is 0.640. The van der Waals surface area contributed by atoms with Crippen molar-refractivity contribution in [2.45, 2.75) is 19.0 Å². The highest BCUT2D eigenvalue weighted by Gasteiger charge is 2.63. The van der Waals surface area contributed by atoms with Gasteiger partial charge in [0.2, 0.25) is 5.78 Å². The maximum Gasteiger partial charge on any atom is 0.461 e. The van der Waals surface area contributed by atoms with Crippen molar-refractivity contribution in [1.82, 2.24) is 0 Å². The van der Waals surface area contributed by atoms with E-state index in [0.717, 1.165) is 6.07 Å². The zero-order chi connectivity index (χ0) is 10.9. The molecule has 2 nitrogen and oxygen atoms in total. The van der Waals surface area contributed by atoms with Crippen LogP contribution in [0.3, 0.4) is 0 Å². The predicted octanol–water partition coefficient (Wildman–Crippen LogP) is 1.91. The van der Waals surface area contributed by atoms with E-state index in [-0.39, 0.29) is 0 Å². The van der Waals surface area contributed by atoms with Crippen molar-refractivity contribution in [3.8, 4) is 6.07 Å². The van der Waals surface area contributed by atoms with Gasteiger partial charge in [0, 0.05) is 0 Å². The molecule has 1 atom stereocenters. The molecule has 0 aromatic heterocycles. The average molecular weight is 201 g/mol. The van der Waals surface area contributed by atoms with Gasteiger partial charge in [-0.3, -0.25) is 4.79 Å². The van der Waals surface area contributed by atoms with Gasteiger partial charge in [0.25, 0.3) is 0 Å². The zero-order valence-corrected chi connectivity index (χ0v) is 6.32. The molecule has 0 heterocycles. The van der Waals surface area contributed by atoms with Crippen molar-refractivity contribution in [3.63, 3.8) is 0 Å². The minimum absolute atomic E-state index is 0.683. The molecule has 74 valence electrons. The summed E-state index contributed by atoms with van der Waals surface area (Å²) in [5.74, 6) is -9.85. The van der Waals surface area contributed by atoms with Crippen LogP contribution in [0.4, 0.5) is 22.0 Å². The van der Waals surface area contributed by atoms with Gasteiger partial charge in [-0.1, -0.05) is 0 Å². The summed E-state index contributed by atoms with van der Waals surface area (Å²) in [4.78, 5) is 10.3. The molecule has 0 N–H and O–H groups in total. The van der Waals surface area contributed by atoms with Gasteiger partial charge in [0.15, 0.2) is 0 Å². The number of rotatable bonds is 2. The third-order valence-corrected chi connectivity index (χ3v) is 1.25. The number of nitrogens with zero attached hydrogens (tertiary/aromatic N) is 1. The smallest absolute Gasteiger partial charge is 0.291 e. The van der Waals surface area contributed by atoms with Gasteiger partial charge in [0.1, 0.15) is 5.92 Å². The molecule has 0 bridgehead atoms. The van der Waals surface area contributed by atoms with Crippen LogP contribution in [0, 0.1) is 17.2 Å². The Hall–Kier alpha value is -1.19. The molecule has 0 spiro atoms. The van der Waals surface area contributed by atoms with Gasteiger partial charge in [0.05, 0.1) is 6.07 Å². The minimum atomic E-state index is -5.94. The van der Waals surface area contributed by atoms with E-state index in [0.29, 0.717) is 6.92 Å². The van der Waals surface area contributed by atoms with Crippen LogP contribution in [0.5, 0.6) is 0 Å². The topological polar surface area (TPSA) is 40.9 Å². The number of carbonyl (C=O) groups is 1. The summed E-state index contributed by atoms with van der Waals surface area (Å²) in [7, 11) is 0. The van der Waals surface area contributed by atoms with E-state index < -0.39 is 23.8 Å². The molecule has 13 heavy (non-hydrogen) atoms. The van der Waals surface area contributed by atoms with Gasteiger partial charge in [-0.25, -0.2) is 0 Å². The monoisotopic (exact) mass is 201 g/mol. The lowest BCUT2D eigenvalue weighted by Crippen LogP contribution is -2.46. The molecule has 0 aromatic rings. The Bertz CT molecular complexity index is 251. The van der Waals surface area contributed by atoms with Crippen LogP contribution in [0.25, 0.3) is 0 Å². The fraction of sp³-hybridized carbons (Fsp3) is 0.667. The Morgan fingerprint density at radius 3 is 1.92 bits per heavy atom. The highest BCUT2D eigenvalue weighted by atomic mass is 19.4. The van der Waals surface area contributed by atoms with E-state index in [1.165, 1.54) is 0 Å². The van der Waals surface area contributed by atoms with Crippen LogP contribution in [0.15, 0.2) is 0 Å². The molecule has 1 unspecified atom stereocenters. The van der Waals surface area contributed by atoms with Crippen LogP contribution in [-0.4, -0.2) is 17.9 Å². The lowest BCUT2D eigenvalue weighted by molar-refractivity contribution is -0.269. The number of Topliss-reactive ketones (excluding diaryl/α,β-unsaturated/α-hetero) is 1. The van der Waals surface area contributed by atoms with Crippen molar-refractivity contribution in [2.75, 3.05) is 0 Å². The second kappa shape index (κ2) is 3.28. The summed E-state index contributed by atoms with van der Waals surface area (Å²) in [5.41, 5.74) is 0. The first-order chi connectivity index (χ1) is 5.64. The number of halogens is 5. The van der Waals surface area contributed by atoms with Gasteiger partial charge >= 0.3 is 12.1 Å². The van der Waals surface area contributed by atoms with Crippen molar-refractivity contribution in [2.24, 2.45) is 5.92 Å². The average Bonchev–Trinajstić information content (AvgIpc) is 1.99. The molecular formula is C6H4F5NO. The number of nitriles is 1. The predicted molar refractivity (Wildman–Crippen MR) is 30.8 cm³/mol. The Balaban J connectivity index is 4.88. The summed E-state index contributed by atoms with van der Waals surface area (Å²) in [6, 6.07) is 1.01. The van der Waals surface area contributed by atoms with Crippen molar-refractivity contribution < 1.29 is 26.7 Å². The van der Waals surface area contributed by atoms with E-state index in [2.05, 4.69) is 0 Å². The fourth-order valence-corrected chi connectivity index (χ4v) is 0.470. The van der Waals surface area contributed by atoms with Gasteiger partial charge in [-0.2, -0.15) is 27.2 Å². The summed E-state index contributed by atoms with van der Waals surface area (Å²) in [6.45, 7) is 0.683. The van der Waals surface area contributed by atoms with E-state index >= 15 is 0 Å². The van der Waals surface area contributed by atoms with E-state index in [9.17, 15) is 26.7 Å². The molecule has 0 aliphatic rings. The van der Waals surface area contributed by atoms with Crippen molar-refractivity contribution in [3.05, 3.63) is 0 Å². The Morgan fingerprint density at radius 1 is 1.31 bits per heavy atom. The van der Waals surface area contributed by atoms with Gasteiger partial charge < -0.3 is 0 Å². The van der Waals surface area contributed by atoms with Crippen molar-refractivity contribution in [1.29, 1.82) is 5.26 Å². The number of ketones is 1. The van der Waals surface area contributed by atoms with Crippen LogP contribution in [0.1, 0.15) is 6.92 Å². The normalized spacial score (nSPS) is 14.8. The molecule has 7 heteroatoms. The lowest BCUT2D eigenvalue weighted by atomic mass is 10.0. The highest BCUT2D eigenvalue weighted by molar-refractivity contribution is 5.90. The number of hydrogen-bond donors (Lipinski definition) is 0. The second-order valence-corrected chi connectivity index (χ2v) is 2.29. The highest BCUT2D eigenvalue weighted by Crippen LogP contribution is 2.37. The first-order valence-electron chi connectivity index (χ1n) is 3.03. The molecule has 0 aliphatic carbocycles. The Labute approximate surface area is 69.9 Å². The van der Waals surface area contributed by atoms with Crippen LogP contribution in [0.2, 0.25) is 0 Å². The zero-order valence-electron chi connectivity index (χ0n) is 6.32. The first-order valence-corrected chi connectivity index (χ1v) is 3.03. The Kier molecular flexibility index (Phi) is 2.98. The summed E-state index contributed by atoms with van der Waals surface area (Å²) in [5, 5.41) is 7.96. The SMILES string of the molecule is CC(C#N)C(=O)C(F)(F)C(F)(F)F. The third kappa shape index (κ3) is 2.14. The fourth-order valence-electron chi connectivity index (χ4n) is 0.470. The largest absolute Gasteiger partial charge is 0.461 e. The number of alkyl halides is 5. The van der Waals surface area contributed by atoms with Crippen LogP contribution >= 0.6 is 0 Å². The van der Waals surface area contributed by atoms with E-state index in [1.807, 2.05) is 0 Å². The van der Waals surface area contributed by atoms with Crippen LogP contribution in [-0.2, 0) is 4.79 Å². The number of carbonyl (C=O) groups excluding carboxylic acids is 1. The summed E-state index contributed by atoms with van der Waals surface area (Å²) >= 11 is 0. The Morgan fingerprint density at radius 2 is 1.69 bits per heavy atom. The minimum Gasteiger partial charge on any atom is -0.291 e. The van der Waals surface area contributed by atoms with E-state index in [4.69, 9.17) is 5.26 Å². The molecule has 0 saturated heterocycles. The molecular weight excluding hydrogens is 197 g/mol. The lowest BCUT2D eigenvalue weighted by Gasteiger charge is -2.18. The second-order valence-electron chi connectivity index (χ2n) is 2.29. The number of hydrogen-bond acceptors (Lipinski definition) is 2. The van der Waals surface area contributed by atoms with Crippen LogP contribution < -0.4 is 0 Å². The summed E-state index contributed by atoms with van der Waals surface area (Å²) < 4.78 is 58.8.